The van der Waals surface area contributed by atoms with Crippen LogP contribution in [0.2, 0.25) is 5.02 Å². The number of aliphatic imine (C=N–C) groups is 1. The molecule has 0 saturated heterocycles. The maximum atomic E-state index is 12.2. The van der Waals surface area contributed by atoms with Gasteiger partial charge in [0.2, 0.25) is 0 Å². The van der Waals surface area contributed by atoms with Crippen LogP contribution in [-0.4, -0.2) is 51.3 Å². The van der Waals surface area contributed by atoms with Gasteiger partial charge in [-0.2, -0.15) is 0 Å². The predicted octanol–water partition coefficient (Wildman–Crippen LogP) is 3.72. The molecule has 0 spiro atoms. The Kier molecular flexibility index (Phi) is 12.8. The van der Waals surface area contributed by atoms with Gasteiger partial charge in [0.05, 0.1) is 24.2 Å². The summed E-state index contributed by atoms with van der Waals surface area (Å²) in [7, 11) is 1.61. The van der Waals surface area contributed by atoms with Gasteiger partial charge in [0, 0.05) is 19.6 Å². The first kappa shape index (κ1) is 26.8. The number of carbonyl (C=O) groups is 1. The van der Waals surface area contributed by atoms with E-state index in [0.717, 1.165) is 6.54 Å². The van der Waals surface area contributed by atoms with E-state index in [-0.39, 0.29) is 36.0 Å². The number of carbonyl (C=O) groups excluding carboxylic acids is 1. The molecule has 0 bridgehead atoms. The molecule has 7 nitrogen and oxygen atoms in total. The van der Waals surface area contributed by atoms with Crippen molar-refractivity contribution in [2.24, 2.45) is 4.99 Å². The molecule has 1 unspecified atom stereocenters. The van der Waals surface area contributed by atoms with Crippen molar-refractivity contribution in [3.8, 4) is 11.5 Å². The summed E-state index contributed by atoms with van der Waals surface area (Å²) in [4.78, 5) is 16.7. The smallest absolute Gasteiger partial charge is 0.252 e. The van der Waals surface area contributed by atoms with Crippen molar-refractivity contribution in [2.45, 2.75) is 20.0 Å². The Morgan fingerprint density at radius 2 is 1.68 bits per heavy atom. The monoisotopic (exact) mass is 560 g/mol. The SMILES string of the molecule is CCNC(=NCC(C)Oc1ccccc1OC)NCCNC(=O)c1ccccc1Cl.I. The highest BCUT2D eigenvalue weighted by atomic mass is 127. The Balaban J connectivity index is 0.00000480. The Labute approximate surface area is 206 Å². The van der Waals surface area contributed by atoms with Gasteiger partial charge in [-0.25, -0.2) is 4.99 Å². The molecule has 0 fully saturated rings. The zero-order chi connectivity index (χ0) is 21.8. The minimum atomic E-state index is -0.205. The number of nitrogens with zero attached hydrogens (tertiary/aromatic N) is 1. The molecule has 1 amide bonds. The fourth-order valence-electron chi connectivity index (χ4n) is 2.63. The molecular formula is C22H30ClIN4O3. The van der Waals surface area contributed by atoms with Gasteiger partial charge >= 0.3 is 0 Å². The number of hydrogen-bond donors (Lipinski definition) is 3. The Morgan fingerprint density at radius 3 is 2.35 bits per heavy atom. The van der Waals surface area contributed by atoms with E-state index in [0.29, 0.717) is 47.7 Å². The van der Waals surface area contributed by atoms with Gasteiger partial charge in [-0.3, -0.25) is 4.79 Å². The van der Waals surface area contributed by atoms with Crippen LogP contribution in [-0.2, 0) is 0 Å². The van der Waals surface area contributed by atoms with Crippen molar-refractivity contribution in [3.05, 3.63) is 59.1 Å². The summed E-state index contributed by atoms with van der Waals surface area (Å²) < 4.78 is 11.2. The molecule has 2 rings (SSSR count). The lowest BCUT2D eigenvalue weighted by Gasteiger charge is -2.17. The molecule has 0 aliphatic heterocycles. The van der Waals surface area contributed by atoms with E-state index < -0.39 is 0 Å². The summed E-state index contributed by atoms with van der Waals surface area (Å²) in [6, 6.07) is 14.5. The van der Waals surface area contributed by atoms with Gasteiger partial charge in [-0.05, 0) is 38.1 Å². The first-order valence-corrected chi connectivity index (χ1v) is 10.3. The van der Waals surface area contributed by atoms with Gasteiger partial charge in [0.1, 0.15) is 6.10 Å². The molecule has 0 heterocycles. The first-order chi connectivity index (χ1) is 14.5. The van der Waals surface area contributed by atoms with Crippen molar-refractivity contribution in [3.63, 3.8) is 0 Å². The van der Waals surface area contributed by atoms with E-state index in [1.54, 1.807) is 31.4 Å². The summed E-state index contributed by atoms with van der Waals surface area (Å²) >= 11 is 6.05. The molecule has 2 aromatic carbocycles. The van der Waals surface area contributed by atoms with E-state index in [1.807, 2.05) is 38.1 Å². The topological polar surface area (TPSA) is 84.0 Å². The second kappa shape index (κ2) is 14.7. The largest absolute Gasteiger partial charge is 0.493 e. The number of hydrogen-bond acceptors (Lipinski definition) is 4. The molecule has 0 aromatic heterocycles. The average molecular weight is 561 g/mol. The molecule has 1 atom stereocenters. The standard InChI is InChI=1S/C22H29ClN4O3.HI/c1-4-24-22(26-14-13-25-21(28)17-9-5-6-10-18(17)23)27-15-16(2)30-20-12-8-7-11-19(20)29-3;/h5-12,16H,4,13-15H2,1-3H3,(H,25,28)(H2,24,26,27);1H. The number of ether oxygens (including phenoxy) is 2. The number of nitrogens with one attached hydrogen (secondary N) is 3. The third-order valence-electron chi connectivity index (χ3n) is 4.07. The predicted molar refractivity (Wildman–Crippen MR) is 136 cm³/mol. The summed E-state index contributed by atoms with van der Waals surface area (Å²) in [6.07, 6.45) is -0.142. The number of methoxy groups -OCH3 is 1. The molecule has 0 aliphatic carbocycles. The third kappa shape index (κ3) is 9.22. The van der Waals surface area contributed by atoms with Crippen LogP contribution in [0.4, 0.5) is 0 Å². The second-order valence-corrected chi connectivity index (χ2v) is 6.87. The lowest BCUT2D eigenvalue weighted by atomic mass is 10.2. The zero-order valence-corrected chi connectivity index (χ0v) is 21.1. The highest BCUT2D eigenvalue weighted by molar-refractivity contribution is 14.0. The van der Waals surface area contributed by atoms with Gasteiger partial charge in [0.25, 0.3) is 5.91 Å². The van der Waals surface area contributed by atoms with Crippen molar-refractivity contribution >= 4 is 47.4 Å². The molecule has 0 saturated carbocycles. The number of benzene rings is 2. The lowest BCUT2D eigenvalue weighted by Crippen LogP contribution is -2.42. The van der Waals surface area contributed by atoms with Crippen LogP contribution >= 0.6 is 35.6 Å². The van der Waals surface area contributed by atoms with E-state index in [1.165, 1.54) is 0 Å². The Hall–Kier alpha value is -2.20. The summed E-state index contributed by atoms with van der Waals surface area (Å²) in [5.41, 5.74) is 0.460. The van der Waals surface area contributed by atoms with Crippen LogP contribution in [0.1, 0.15) is 24.2 Å². The third-order valence-corrected chi connectivity index (χ3v) is 4.40. The van der Waals surface area contributed by atoms with Crippen LogP contribution in [0, 0.1) is 0 Å². The van der Waals surface area contributed by atoms with E-state index in [2.05, 4.69) is 20.9 Å². The number of guanidine groups is 1. The Bertz CT molecular complexity index is 851. The zero-order valence-electron chi connectivity index (χ0n) is 18.0. The van der Waals surface area contributed by atoms with Crippen LogP contribution in [0.5, 0.6) is 11.5 Å². The molecule has 0 radical (unpaired) electrons. The summed E-state index contributed by atoms with van der Waals surface area (Å²) in [6.45, 7) is 6.07. The molecule has 31 heavy (non-hydrogen) atoms. The van der Waals surface area contributed by atoms with E-state index in [4.69, 9.17) is 21.1 Å². The molecule has 0 aliphatic rings. The normalized spacial score (nSPS) is 11.7. The fraction of sp³-hybridized carbons (Fsp3) is 0.364. The number of rotatable bonds is 10. The Morgan fingerprint density at radius 1 is 1.03 bits per heavy atom. The van der Waals surface area contributed by atoms with E-state index in [9.17, 15) is 4.79 Å². The minimum absolute atomic E-state index is 0. The molecule has 9 heteroatoms. The van der Waals surface area contributed by atoms with Crippen molar-refractivity contribution < 1.29 is 14.3 Å². The molecular weight excluding hydrogens is 531 g/mol. The van der Waals surface area contributed by atoms with Crippen molar-refractivity contribution in [2.75, 3.05) is 33.3 Å². The summed E-state index contributed by atoms with van der Waals surface area (Å²) in [5, 5.41) is 9.65. The summed E-state index contributed by atoms with van der Waals surface area (Å²) in [5.74, 6) is 1.82. The fourth-order valence-corrected chi connectivity index (χ4v) is 2.85. The van der Waals surface area contributed by atoms with Gasteiger partial charge < -0.3 is 25.4 Å². The van der Waals surface area contributed by atoms with Gasteiger partial charge in [-0.1, -0.05) is 35.9 Å². The number of amides is 1. The lowest BCUT2D eigenvalue weighted by molar-refractivity contribution is 0.0954. The van der Waals surface area contributed by atoms with Crippen molar-refractivity contribution in [1.82, 2.24) is 16.0 Å². The highest BCUT2D eigenvalue weighted by Crippen LogP contribution is 2.26. The van der Waals surface area contributed by atoms with Crippen LogP contribution in [0.25, 0.3) is 0 Å². The van der Waals surface area contributed by atoms with Gasteiger partial charge in [-0.15, -0.1) is 24.0 Å². The molecule has 170 valence electrons. The number of halogens is 2. The minimum Gasteiger partial charge on any atom is -0.493 e. The molecule has 3 N–H and O–H groups in total. The number of para-hydroxylation sites is 2. The average Bonchev–Trinajstić information content (AvgIpc) is 2.75. The maximum Gasteiger partial charge on any atom is 0.252 e. The van der Waals surface area contributed by atoms with Crippen LogP contribution in [0.15, 0.2) is 53.5 Å². The molecule has 2 aromatic rings. The van der Waals surface area contributed by atoms with Crippen LogP contribution < -0.4 is 25.4 Å². The van der Waals surface area contributed by atoms with Crippen molar-refractivity contribution in [1.29, 1.82) is 0 Å². The van der Waals surface area contributed by atoms with Gasteiger partial charge in [0.15, 0.2) is 17.5 Å². The quantitative estimate of drug-likeness (QED) is 0.179. The highest BCUT2D eigenvalue weighted by Gasteiger charge is 2.10. The second-order valence-electron chi connectivity index (χ2n) is 6.46. The van der Waals surface area contributed by atoms with Crippen LogP contribution in [0.3, 0.4) is 0 Å². The first-order valence-electron chi connectivity index (χ1n) is 9.89. The van der Waals surface area contributed by atoms with E-state index >= 15 is 0 Å². The maximum absolute atomic E-state index is 12.2.